The van der Waals surface area contributed by atoms with E-state index >= 15 is 0 Å². The molecule has 0 aliphatic carbocycles. The van der Waals surface area contributed by atoms with Gasteiger partial charge in [-0.15, -0.1) is 11.3 Å². The van der Waals surface area contributed by atoms with Crippen LogP contribution in [0.1, 0.15) is 24.4 Å². The predicted molar refractivity (Wildman–Crippen MR) is 76.8 cm³/mol. The third-order valence-electron chi connectivity index (χ3n) is 2.72. The van der Waals surface area contributed by atoms with Crippen molar-refractivity contribution in [3.05, 3.63) is 49.7 Å². The number of nitro groups is 1. The highest BCUT2D eigenvalue weighted by molar-refractivity contribution is 7.09. The average molecular weight is 316 g/mol. The molecule has 0 radical (unpaired) electrons. The van der Waals surface area contributed by atoms with E-state index in [1.807, 2.05) is 12.3 Å². The van der Waals surface area contributed by atoms with Gasteiger partial charge in [0.1, 0.15) is 16.5 Å². The van der Waals surface area contributed by atoms with E-state index in [2.05, 4.69) is 10.3 Å². The Morgan fingerprint density at radius 2 is 2.35 bits per heavy atom. The van der Waals surface area contributed by atoms with Gasteiger partial charge in [-0.3, -0.25) is 10.1 Å². The summed E-state index contributed by atoms with van der Waals surface area (Å²) in [5.41, 5.74) is -0.162. The van der Waals surface area contributed by atoms with Crippen molar-refractivity contribution in [1.29, 1.82) is 0 Å². The van der Waals surface area contributed by atoms with Crippen LogP contribution in [0.5, 0.6) is 0 Å². The molecule has 2 aromatic rings. The van der Waals surface area contributed by atoms with Gasteiger partial charge in [-0.1, -0.05) is 18.5 Å². The molecule has 5 nitrogen and oxygen atoms in total. The average Bonchev–Trinajstić information content (AvgIpc) is 2.93. The molecule has 1 aromatic carbocycles. The summed E-state index contributed by atoms with van der Waals surface area (Å²) in [6.07, 6.45) is 2.32. The molecule has 20 heavy (non-hydrogen) atoms. The zero-order valence-corrected chi connectivity index (χ0v) is 12.0. The summed E-state index contributed by atoms with van der Waals surface area (Å²) in [6.45, 7) is 1.91. The third-order valence-corrected chi connectivity index (χ3v) is 3.90. The van der Waals surface area contributed by atoms with Crippen LogP contribution in [0.4, 0.5) is 15.8 Å². The molecule has 0 bridgehead atoms. The van der Waals surface area contributed by atoms with Crippen LogP contribution in [-0.2, 0) is 0 Å². The van der Waals surface area contributed by atoms with Crippen LogP contribution in [0.2, 0.25) is 5.02 Å². The topological polar surface area (TPSA) is 68.1 Å². The maximum Gasteiger partial charge on any atom is 0.294 e. The molecule has 0 amide bonds. The number of nitro benzene ring substituents is 1. The van der Waals surface area contributed by atoms with Gasteiger partial charge in [0.25, 0.3) is 5.69 Å². The third kappa shape index (κ3) is 3.05. The van der Waals surface area contributed by atoms with E-state index in [-0.39, 0.29) is 22.4 Å². The second-order valence-electron chi connectivity index (χ2n) is 4.02. The molecule has 0 aliphatic heterocycles. The van der Waals surface area contributed by atoms with Gasteiger partial charge < -0.3 is 5.32 Å². The zero-order chi connectivity index (χ0) is 14.7. The SMILES string of the molecule is CCC(Nc1cc(F)c(Cl)cc1[N+](=O)[O-])c1nccs1. The largest absolute Gasteiger partial charge is 0.370 e. The summed E-state index contributed by atoms with van der Waals surface area (Å²) in [5, 5.41) is 16.3. The van der Waals surface area contributed by atoms with Crippen LogP contribution < -0.4 is 5.32 Å². The van der Waals surface area contributed by atoms with Crippen LogP contribution in [0.15, 0.2) is 23.7 Å². The lowest BCUT2D eigenvalue weighted by Gasteiger charge is -2.16. The number of hydrogen-bond acceptors (Lipinski definition) is 5. The van der Waals surface area contributed by atoms with Gasteiger partial charge in [-0.25, -0.2) is 9.37 Å². The first-order valence-electron chi connectivity index (χ1n) is 5.82. The van der Waals surface area contributed by atoms with Crippen molar-refractivity contribution in [1.82, 2.24) is 4.98 Å². The number of halogens is 2. The number of benzene rings is 1. The molecule has 0 fully saturated rings. The highest BCUT2D eigenvalue weighted by Gasteiger charge is 2.21. The Morgan fingerprint density at radius 1 is 1.60 bits per heavy atom. The standard InChI is InChI=1S/C12H11ClFN3O2S/c1-2-9(12-15-3-4-20-12)16-10-6-8(14)7(13)5-11(10)17(18)19/h3-6,9,16H,2H2,1H3. The Bertz CT molecular complexity index is 621. The van der Waals surface area contributed by atoms with E-state index in [0.717, 1.165) is 17.1 Å². The molecule has 1 heterocycles. The van der Waals surface area contributed by atoms with Gasteiger partial charge in [0.2, 0.25) is 0 Å². The fraction of sp³-hybridized carbons (Fsp3) is 0.250. The van der Waals surface area contributed by atoms with Crippen LogP contribution in [0.25, 0.3) is 0 Å². The van der Waals surface area contributed by atoms with E-state index in [9.17, 15) is 14.5 Å². The molecule has 0 saturated carbocycles. The van der Waals surface area contributed by atoms with E-state index in [1.165, 1.54) is 11.3 Å². The van der Waals surface area contributed by atoms with Gasteiger partial charge in [-0.05, 0) is 6.42 Å². The molecule has 0 aliphatic rings. The lowest BCUT2D eigenvalue weighted by molar-refractivity contribution is -0.384. The Kier molecular flexibility index (Phi) is 4.51. The minimum absolute atomic E-state index is 0.0963. The molecule has 0 saturated heterocycles. The van der Waals surface area contributed by atoms with E-state index in [1.54, 1.807) is 6.20 Å². The van der Waals surface area contributed by atoms with Crippen molar-refractivity contribution in [3.63, 3.8) is 0 Å². The second kappa shape index (κ2) is 6.15. The number of anilines is 1. The molecular weight excluding hydrogens is 305 g/mol. The minimum Gasteiger partial charge on any atom is -0.370 e. The maximum atomic E-state index is 13.5. The molecule has 1 aromatic heterocycles. The van der Waals surface area contributed by atoms with Crippen molar-refractivity contribution >= 4 is 34.3 Å². The van der Waals surface area contributed by atoms with Gasteiger partial charge in [-0.2, -0.15) is 0 Å². The highest BCUT2D eigenvalue weighted by atomic mass is 35.5. The first-order chi connectivity index (χ1) is 9.52. The summed E-state index contributed by atoms with van der Waals surface area (Å²) < 4.78 is 13.5. The summed E-state index contributed by atoms with van der Waals surface area (Å²) in [4.78, 5) is 14.6. The number of nitrogens with one attached hydrogen (secondary N) is 1. The fourth-order valence-electron chi connectivity index (χ4n) is 1.74. The van der Waals surface area contributed by atoms with Crippen LogP contribution in [0.3, 0.4) is 0 Å². The van der Waals surface area contributed by atoms with E-state index < -0.39 is 10.7 Å². The predicted octanol–water partition coefficient (Wildman–Crippen LogP) is 4.41. The molecule has 106 valence electrons. The van der Waals surface area contributed by atoms with Crippen LogP contribution in [-0.4, -0.2) is 9.91 Å². The number of thiazole rings is 1. The summed E-state index contributed by atoms with van der Waals surface area (Å²) in [6, 6.07) is 1.83. The second-order valence-corrected chi connectivity index (χ2v) is 5.35. The molecular formula is C12H11ClFN3O2S. The maximum absolute atomic E-state index is 13.5. The molecule has 1 unspecified atom stereocenters. The molecule has 2 rings (SSSR count). The lowest BCUT2D eigenvalue weighted by atomic mass is 10.2. The Hall–Kier alpha value is -1.73. The first-order valence-corrected chi connectivity index (χ1v) is 7.08. The van der Waals surface area contributed by atoms with Crippen molar-refractivity contribution in [2.75, 3.05) is 5.32 Å². The normalized spacial score (nSPS) is 12.2. The number of hydrogen-bond donors (Lipinski definition) is 1. The summed E-state index contributed by atoms with van der Waals surface area (Å²) >= 11 is 7.02. The van der Waals surface area contributed by atoms with E-state index in [0.29, 0.717) is 6.42 Å². The van der Waals surface area contributed by atoms with Gasteiger partial charge in [0.05, 0.1) is 16.0 Å². The molecule has 1 N–H and O–H groups in total. The number of rotatable bonds is 5. The Morgan fingerprint density at radius 3 is 2.90 bits per heavy atom. The van der Waals surface area contributed by atoms with E-state index in [4.69, 9.17) is 11.6 Å². The minimum atomic E-state index is -0.700. The molecule has 1 atom stereocenters. The Balaban J connectivity index is 2.37. The van der Waals surface area contributed by atoms with Crippen molar-refractivity contribution in [3.8, 4) is 0 Å². The number of aromatic nitrogens is 1. The lowest BCUT2D eigenvalue weighted by Crippen LogP contribution is -2.11. The molecule has 8 heteroatoms. The van der Waals surface area contributed by atoms with Crippen LogP contribution >= 0.6 is 22.9 Å². The summed E-state index contributed by atoms with van der Waals surface area (Å²) in [5.74, 6) is -0.700. The fourth-order valence-corrected chi connectivity index (χ4v) is 2.67. The smallest absolute Gasteiger partial charge is 0.294 e. The number of nitrogens with zero attached hydrogens (tertiary/aromatic N) is 2. The first kappa shape index (κ1) is 14.7. The van der Waals surface area contributed by atoms with Crippen molar-refractivity contribution < 1.29 is 9.31 Å². The highest BCUT2D eigenvalue weighted by Crippen LogP contribution is 2.34. The monoisotopic (exact) mass is 315 g/mol. The van der Waals surface area contributed by atoms with Gasteiger partial charge >= 0.3 is 0 Å². The van der Waals surface area contributed by atoms with Crippen molar-refractivity contribution in [2.24, 2.45) is 0 Å². The summed E-state index contributed by atoms with van der Waals surface area (Å²) in [7, 11) is 0. The Labute approximate surface area is 123 Å². The van der Waals surface area contributed by atoms with Gasteiger partial charge in [0, 0.05) is 23.7 Å². The zero-order valence-electron chi connectivity index (χ0n) is 10.5. The molecule has 0 spiro atoms. The quantitative estimate of drug-likeness (QED) is 0.655. The van der Waals surface area contributed by atoms with Crippen molar-refractivity contribution in [2.45, 2.75) is 19.4 Å². The van der Waals surface area contributed by atoms with Gasteiger partial charge in [0.15, 0.2) is 0 Å². The van der Waals surface area contributed by atoms with Crippen LogP contribution in [0, 0.1) is 15.9 Å².